The number of hydrogen-bond acceptors (Lipinski definition) is 4. The van der Waals surface area contributed by atoms with E-state index in [0.29, 0.717) is 18.5 Å². The van der Waals surface area contributed by atoms with Crippen LogP contribution in [-0.4, -0.2) is 25.6 Å². The Morgan fingerprint density at radius 2 is 1.80 bits per heavy atom. The van der Waals surface area contributed by atoms with Gasteiger partial charge in [0.2, 0.25) is 5.91 Å². The molecule has 1 aromatic rings. The van der Waals surface area contributed by atoms with E-state index in [-0.39, 0.29) is 22.1 Å². The Balaban J connectivity index is 2.65. The molecule has 0 radical (unpaired) electrons. The smallest absolute Gasteiger partial charge is 0.224 e. The van der Waals surface area contributed by atoms with Crippen molar-refractivity contribution in [3.05, 3.63) is 24.3 Å². The third-order valence-electron chi connectivity index (χ3n) is 2.87. The molecule has 0 aliphatic rings. The summed E-state index contributed by atoms with van der Waals surface area (Å²) in [6.45, 7) is 5.33. The number of benzene rings is 1. The largest absolute Gasteiger partial charge is 0.326 e. The fourth-order valence-electron chi connectivity index (χ4n) is 1.57. The molecular formula is C14H22N2O3S. The molecule has 0 heterocycles. The van der Waals surface area contributed by atoms with Crippen LogP contribution in [0.3, 0.4) is 0 Å². The monoisotopic (exact) mass is 298 g/mol. The summed E-state index contributed by atoms with van der Waals surface area (Å²) in [4.78, 5) is 12.0. The molecule has 112 valence electrons. The highest BCUT2D eigenvalue weighted by Gasteiger charge is 2.14. The van der Waals surface area contributed by atoms with Gasteiger partial charge in [0.15, 0.2) is 9.84 Å². The topological polar surface area (TPSA) is 89.3 Å². The highest BCUT2D eigenvalue weighted by molar-refractivity contribution is 7.91. The maximum absolute atomic E-state index is 11.7. The molecule has 6 heteroatoms. The van der Waals surface area contributed by atoms with Gasteiger partial charge in [0.05, 0.1) is 10.6 Å². The van der Waals surface area contributed by atoms with Gasteiger partial charge in [-0.25, -0.2) is 8.42 Å². The number of carbonyl (C=O) groups is 1. The second-order valence-corrected chi connectivity index (χ2v) is 7.74. The van der Waals surface area contributed by atoms with Crippen molar-refractivity contribution in [1.29, 1.82) is 0 Å². The minimum Gasteiger partial charge on any atom is -0.326 e. The molecule has 0 aliphatic heterocycles. The van der Waals surface area contributed by atoms with E-state index in [1.165, 1.54) is 12.1 Å². The van der Waals surface area contributed by atoms with Crippen molar-refractivity contribution >= 4 is 21.4 Å². The zero-order chi connectivity index (χ0) is 15.4. The van der Waals surface area contributed by atoms with E-state index < -0.39 is 9.84 Å². The van der Waals surface area contributed by atoms with Crippen LogP contribution in [0.25, 0.3) is 0 Å². The predicted molar refractivity (Wildman–Crippen MR) is 80.3 cm³/mol. The molecule has 5 nitrogen and oxygen atoms in total. The Morgan fingerprint density at radius 1 is 1.25 bits per heavy atom. The first kappa shape index (κ1) is 16.7. The summed E-state index contributed by atoms with van der Waals surface area (Å²) in [5.41, 5.74) is 6.02. The van der Waals surface area contributed by atoms with Crippen molar-refractivity contribution < 1.29 is 13.2 Å². The average molecular weight is 298 g/mol. The van der Waals surface area contributed by atoms with Gasteiger partial charge in [0.25, 0.3) is 0 Å². The van der Waals surface area contributed by atoms with Crippen LogP contribution >= 0.6 is 0 Å². The van der Waals surface area contributed by atoms with Crippen molar-refractivity contribution in [1.82, 2.24) is 0 Å². The first-order valence-electron chi connectivity index (χ1n) is 6.55. The van der Waals surface area contributed by atoms with Crippen LogP contribution in [0.2, 0.25) is 0 Å². The molecule has 3 N–H and O–H groups in total. The van der Waals surface area contributed by atoms with Crippen LogP contribution in [-0.2, 0) is 14.6 Å². The Bertz CT molecular complexity index is 557. The zero-order valence-electron chi connectivity index (χ0n) is 12.1. The molecule has 1 amide bonds. The number of amides is 1. The van der Waals surface area contributed by atoms with Gasteiger partial charge in [-0.2, -0.15) is 0 Å². The first-order chi connectivity index (χ1) is 9.14. The van der Waals surface area contributed by atoms with Crippen LogP contribution < -0.4 is 11.1 Å². The van der Waals surface area contributed by atoms with Crippen molar-refractivity contribution in [2.45, 2.75) is 44.0 Å². The number of anilines is 1. The molecule has 1 aromatic carbocycles. The summed E-state index contributed by atoms with van der Waals surface area (Å²) < 4.78 is 23.3. The molecule has 0 atom stereocenters. The molecule has 0 spiro atoms. The van der Waals surface area contributed by atoms with E-state index in [9.17, 15) is 13.2 Å². The number of rotatable bonds is 6. The molecule has 0 bridgehead atoms. The quantitative estimate of drug-likeness (QED) is 0.840. The van der Waals surface area contributed by atoms with Gasteiger partial charge in [-0.05, 0) is 44.5 Å². The first-order valence-corrected chi connectivity index (χ1v) is 8.21. The molecule has 0 aliphatic carbocycles. The molecule has 0 aromatic heterocycles. The third kappa shape index (κ3) is 5.30. The molecule has 0 saturated heterocycles. The lowest BCUT2D eigenvalue weighted by molar-refractivity contribution is -0.116. The van der Waals surface area contributed by atoms with Crippen molar-refractivity contribution in [3.8, 4) is 0 Å². The van der Waals surface area contributed by atoms with Gasteiger partial charge in [-0.3, -0.25) is 4.79 Å². The Hall–Kier alpha value is -1.40. The van der Waals surface area contributed by atoms with E-state index in [4.69, 9.17) is 5.73 Å². The summed E-state index contributed by atoms with van der Waals surface area (Å²) in [7, 11) is -3.20. The lowest BCUT2D eigenvalue weighted by Gasteiger charge is -2.17. The predicted octanol–water partition coefficient (Wildman–Crippen LogP) is 1.94. The fraction of sp³-hybridized carbons (Fsp3) is 0.500. The lowest BCUT2D eigenvalue weighted by atomic mass is 10.00. The van der Waals surface area contributed by atoms with Gasteiger partial charge >= 0.3 is 0 Å². The molecular weight excluding hydrogens is 276 g/mol. The molecule has 0 fully saturated rings. The van der Waals surface area contributed by atoms with Gasteiger partial charge in [0.1, 0.15) is 0 Å². The summed E-state index contributed by atoms with van der Waals surface area (Å²) in [6.07, 6.45) is 0.916. The summed E-state index contributed by atoms with van der Waals surface area (Å²) >= 11 is 0. The minimum absolute atomic E-state index is 0.0598. The maximum atomic E-state index is 11.7. The van der Waals surface area contributed by atoms with Gasteiger partial charge in [-0.1, -0.05) is 6.92 Å². The molecule has 20 heavy (non-hydrogen) atoms. The SMILES string of the molecule is CCS(=O)(=O)c1ccc(NC(=O)CCC(C)(C)N)cc1. The van der Waals surface area contributed by atoms with E-state index in [1.54, 1.807) is 19.1 Å². The van der Waals surface area contributed by atoms with Gasteiger partial charge < -0.3 is 11.1 Å². The zero-order valence-corrected chi connectivity index (χ0v) is 13.0. The summed E-state index contributed by atoms with van der Waals surface area (Å²) in [6, 6.07) is 6.19. The van der Waals surface area contributed by atoms with Gasteiger partial charge in [0, 0.05) is 17.6 Å². The van der Waals surface area contributed by atoms with Crippen molar-refractivity contribution in [2.75, 3.05) is 11.1 Å². The van der Waals surface area contributed by atoms with E-state index >= 15 is 0 Å². The highest BCUT2D eigenvalue weighted by Crippen LogP contribution is 2.16. The number of nitrogens with one attached hydrogen (secondary N) is 1. The van der Waals surface area contributed by atoms with Crippen LogP contribution in [0, 0.1) is 0 Å². The highest BCUT2D eigenvalue weighted by atomic mass is 32.2. The molecule has 0 saturated carbocycles. The Labute approximate surface area is 120 Å². The second-order valence-electron chi connectivity index (χ2n) is 5.46. The van der Waals surface area contributed by atoms with Crippen molar-refractivity contribution in [2.24, 2.45) is 5.73 Å². The standard InChI is InChI=1S/C14H22N2O3S/c1-4-20(18,19)12-7-5-11(6-8-12)16-13(17)9-10-14(2,3)15/h5-8H,4,9-10,15H2,1-3H3,(H,16,17). The Morgan fingerprint density at radius 3 is 2.25 bits per heavy atom. The van der Waals surface area contributed by atoms with Crippen molar-refractivity contribution in [3.63, 3.8) is 0 Å². The lowest BCUT2D eigenvalue weighted by Crippen LogP contribution is -2.33. The van der Waals surface area contributed by atoms with E-state index in [0.717, 1.165) is 0 Å². The maximum Gasteiger partial charge on any atom is 0.224 e. The fourth-order valence-corrected chi connectivity index (χ4v) is 2.46. The van der Waals surface area contributed by atoms with Gasteiger partial charge in [-0.15, -0.1) is 0 Å². The average Bonchev–Trinajstić information content (AvgIpc) is 2.36. The minimum atomic E-state index is -3.20. The molecule has 0 unspecified atom stereocenters. The van der Waals surface area contributed by atoms with Crippen LogP contribution in [0.1, 0.15) is 33.6 Å². The summed E-state index contributed by atoms with van der Waals surface area (Å²) in [5, 5.41) is 2.72. The number of hydrogen-bond donors (Lipinski definition) is 2. The number of carbonyl (C=O) groups excluding carboxylic acids is 1. The number of sulfone groups is 1. The third-order valence-corrected chi connectivity index (χ3v) is 4.62. The number of nitrogens with two attached hydrogens (primary N) is 1. The normalized spacial score (nSPS) is 12.2. The second kappa shape index (κ2) is 6.37. The molecule has 1 rings (SSSR count). The van der Waals surface area contributed by atoms with E-state index in [1.807, 2.05) is 13.8 Å². The van der Waals surface area contributed by atoms with Crippen LogP contribution in [0.5, 0.6) is 0 Å². The van der Waals surface area contributed by atoms with Crippen LogP contribution in [0.4, 0.5) is 5.69 Å². The van der Waals surface area contributed by atoms with E-state index in [2.05, 4.69) is 5.32 Å². The van der Waals surface area contributed by atoms with Crippen LogP contribution in [0.15, 0.2) is 29.2 Å². The Kier molecular flexibility index (Phi) is 5.30. The summed E-state index contributed by atoms with van der Waals surface area (Å²) in [5.74, 6) is -0.0702.